The number of hydrogen-bond acceptors (Lipinski definition) is 3. The Morgan fingerprint density at radius 1 is 1.32 bits per heavy atom. The van der Waals surface area contributed by atoms with Crippen LogP contribution in [0.5, 0.6) is 0 Å². The number of allylic oxidation sites excluding steroid dienone is 4. The van der Waals surface area contributed by atoms with Gasteiger partial charge >= 0.3 is 0 Å². The summed E-state index contributed by atoms with van der Waals surface area (Å²) in [5.41, 5.74) is 1.34. The number of Topliss-reactive ketones (excluding diaryl/α,β-unsaturated/α-hetero) is 1. The number of carbonyl (C=O) groups excluding carboxylic acids is 2. The number of fused-ring (bicyclic) bond motifs is 5. The molecule has 0 aromatic heterocycles. The standard InChI is InChI=1S/C22H30O3/c1-13-10-18-16-5-4-14-11-15(24)6-8-21(14,2)17(16)7-9-22(18,3)20(13)19(25)12-23/h7,9,11,13,16-18,20,23H,4-6,8,10,12H2,1-3H3/t13-,16-,17+,18+,20-,21+,22+/m1/s1. The minimum atomic E-state index is -0.341. The summed E-state index contributed by atoms with van der Waals surface area (Å²) in [6, 6.07) is 0. The predicted octanol–water partition coefficient (Wildman–Crippen LogP) is 3.72. The maximum atomic E-state index is 12.4. The first-order valence-electron chi connectivity index (χ1n) is 9.88. The summed E-state index contributed by atoms with van der Waals surface area (Å²) < 4.78 is 0. The highest BCUT2D eigenvalue weighted by molar-refractivity contribution is 5.91. The van der Waals surface area contributed by atoms with Crippen LogP contribution in [0.3, 0.4) is 0 Å². The number of aliphatic hydroxyl groups is 1. The van der Waals surface area contributed by atoms with Crippen molar-refractivity contribution in [2.24, 2.45) is 40.4 Å². The number of carbonyl (C=O) groups is 2. The predicted molar refractivity (Wildman–Crippen MR) is 96.7 cm³/mol. The van der Waals surface area contributed by atoms with E-state index in [0.29, 0.717) is 35.9 Å². The van der Waals surface area contributed by atoms with Crippen LogP contribution in [0.1, 0.15) is 52.9 Å². The molecule has 0 amide bonds. The highest BCUT2D eigenvalue weighted by atomic mass is 16.3. The van der Waals surface area contributed by atoms with E-state index in [1.807, 2.05) is 6.08 Å². The largest absolute Gasteiger partial charge is 0.389 e. The van der Waals surface area contributed by atoms with Gasteiger partial charge in [-0.15, -0.1) is 0 Å². The molecule has 25 heavy (non-hydrogen) atoms. The van der Waals surface area contributed by atoms with Gasteiger partial charge in [0.15, 0.2) is 11.6 Å². The Hall–Kier alpha value is -1.22. The van der Waals surface area contributed by atoms with Crippen LogP contribution in [-0.4, -0.2) is 23.3 Å². The summed E-state index contributed by atoms with van der Waals surface area (Å²) in [4.78, 5) is 24.3. The average Bonchev–Trinajstić information content (AvgIpc) is 2.85. The normalized spacial score (nSPS) is 48.4. The molecule has 1 N–H and O–H groups in total. The number of aliphatic hydroxyl groups excluding tert-OH is 1. The molecular formula is C22H30O3. The molecule has 3 heteroatoms. The van der Waals surface area contributed by atoms with Gasteiger partial charge in [-0.3, -0.25) is 9.59 Å². The van der Waals surface area contributed by atoms with Crippen molar-refractivity contribution in [1.29, 1.82) is 0 Å². The lowest BCUT2D eigenvalue weighted by atomic mass is 9.49. The van der Waals surface area contributed by atoms with Crippen LogP contribution in [0.2, 0.25) is 0 Å². The van der Waals surface area contributed by atoms with Gasteiger partial charge in [0.1, 0.15) is 6.61 Å². The van der Waals surface area contributed by atoms with Crippen molar-refractivity contribution < 1.29 is 14.7 Å². The fourth-order valence-corrected chi connectivity index (χ4v) is 7.07. The van der Waals surface area contributed by atoms with Gasteiger partial charge in [0.2, 0.25) is 0 Å². The molecule has 0 unspecified atom stereocenters. The third-order valence-corrected chi connectivity index (χ3v) is 8.25. The summed E-state index contributed by atoms with van der Waals surface area (Å²) in [5, 5.41) is 9.46. The van der Waals surface area contributed by atoms with Gasteiger partial charge in [0.25, 0.3) is 0 Å². The zero-order chi connectivity index (χ0) is 18.0. The SMILES string of the molecule is C[C@@H]1C[C@H]2[C@@H]3CCC4=CC(=O)CC[C@]4(C)[C@H]3C=C[C@]2(C)[C@H]1C(=O)CO. The number of ketones is 2. The Morgan fingerprint density at radius 2 is 2.08 bits per heavy atom. The summed E-state index contributed by atoms with van der Waals surface area (Å²) in [7, 11) is 0. The topological polar surface area (TPSA) is 54.4 Å². The molecular weight excluding hydrogens is 312 g/mol. The zero-order valence-electron chi connectivity index (χ0n) is 15.6. The van der Waals surface area contributed by atoms with Crippen molar-refractivity contribution >= 4 is 11.6 Å². The highest BCUT2D eigenvalue weighted by Gasteiger charge is 2.59. The number of hydrogen-bond donors (Lipinski definition) is 1. The minimum absolute atomic E-state index is 0.00599. The van der Waals surface area contributed by atoms with E-state index >= 15 is 0 Å². The minimum Gasteiger partial charge on any atom is -0.389 e. The van der Waals surface area contributed by atoms with E-state index in [0.717, 1.165) is 25.7 Å². The van der Waals surface area contributed by atoms with Gasteiger partial charge in [0, 0.05) is 12.3 Å². The van der Waals surface area contributed by atoms with Crippen LogP contribution in [0, 0.1) is 40.4 Å². The van der Waals surface area contributed by atoms with Gasteiger partial charge < -0.3 is 5.11 Å². The highest BCUT2D eigenvalue weighted by Crippen LogP contribution is 2.65. The molecule has 3 nitrogen and oxygen atoms in total. The van der Waals surface area contributed by atoms with Crippen LogP contribution in [-0.2, 0) is 9.59 Å². The van der Waals surface area contributed by atoms with E-state index in [1.165, 1.54) is 5.57 Å². The fraction of sp³-hybridized carbons (Fsp3) is 0.727. The van der Waals surface area contributed by atoms with E-state index in [4.69, 9.17) is 0 Å². The van der Waals surface area contributed by atoms with Crippen molar-refractivity contribution in [3.05, 3.63) is 23.8 Å². The maximum Gasteiger partial charge on any atom is 0.162 e. The Morgan fingerprint density at radius 3 is 2.80 bits per heavy atom. The molecule has 4 rings (SSSR count). The molecule has 0 aliphatic heterocycles. The van der Waals surface area contributed by atoms with Crippen molar-refractivity contribution in [2.45, 2.75) is 52.9 Å². The molecule has 2 saturated carbocycles. The van der Waals surface area contributed by atoms with Crippen molar-refractivity contribution in [1.82, 2.24) is 0 Å². The summed E-state index contributed by atoms with van der Waals surface area (Å²) in [6.45, 7) is 6.43. The summed E-state index contributed by atoms with van der Waals surface area (Å²) in [6.07, 6.45) is 11.5. The van der Waals surface area contributed by atoms with E-state index in [-0.39, 0.29) is 29.1 Å². The molecule has 2 fully saturated rings. The molecule has 0 radical (unpaired) electrons. The third kappa shape index (κ3) is 2.27. The van der Waals surface area contributed by atoms with Gasteiger partial charge in [0.05, 0.1) is 0 Å². The lowest BCUT2D eigenvalue weighted by Gasteiger charge is -2.55. The number of rotatable bonds is 2. The first-order chi connectivity index (χ1) is 11.8. The van der Waals surface area contributed by atoms with Gasteiger partial charge in [-0.1, -0.05) is 38.5 Å². The van der Waals surface area contributed by atoms with Gasteiger partial charge in [-0.05, 0) is 66.3 Å². The van der Waals surface area contributed by atoms with Crippen LogP contribution in [0.25, 0.3) is 0 Å². The second-order valence-electron chi connectivity index (χ2n) is 9.43. The van der Waals surface area contributed by atoms with Gasteiger partial charge in [-0.2, -0.15) is 0 Å². The van der Waals surface area contributed by atoms with Crippen molar-refractivity contribution in [2.75, 3.05) is 6.61 Å². The van der Waals surface area contributed by atoms with E-state index in [9.17, 15) is 14.7 Å². The first-order valence-corrected chi connectivity index (χ1v) is 9.88. The Kier molecular flexibility index (Phi) is 3.88. The third-order valence-electron chi connectivity index (χ3n) is 8.25. The Bertz CT molecular complexity index is 675. The molecule has 0 aromatic rings. The van der Waals surface area contributed by atoms with Crippen LogP contribution in [0.15, 0.2) is 23.8 Å². The van der Waals surface area contributed by atoms with Crippen molar-refractivity contribution in [3.63, 3.8) is 0 Å². The monoisotopic (exact) mass is 342 g/mol. The second kappa shape index (κ2) is 5.64. The molecule has 0 aromatic carbocycles. The van der Waals surface area contributed by atoms with Crippen LogP contribution < -0.4 is 0 Å². The van der Waals surface area contributed by atoms with E-state index < -0.39 is 0 Å². The van der Waals surface area contributed by atoms with Crippen molar-refractivity contribution in [3.8, 4) is 0 Å². The average molecular weight is 342 g/mol. The second-order valence-corrected chi connectivity index (χ2v) is 9.43. The van der Waals surface area contributed by atoms with E-state index in [2.05, 4.69) is 32.9 Å². The van der Waals surface area contributed by atoms with Crippen LogP contribution in [0.4, 0.5) is 0 Å². The Labute approximate surface area is 150 Å². The first kappa shape index (κ1) is 17.2. The molecule has 4 aliphatic carbocycles. The zero-order valence-corrected chi connectivity index (χ0v) is 15.6. The molecule has 7 atom stereocenters. The molecule has 0 bridgehead atoms. The molecule has 4 aliphatic rings. The maximum absolute atomic E-state index is 12.4. The smallest absolute Gasteiger partial charge is 0.162 e. The summed E-state index contributed by atoms with van der Waals surface area (Å²) in [5.74, 6) is 2.14. The fourth-order valence-electron chi connectivity index (χ4n) is 7.07. The lowest BCUT2D eigenvalue weighted by molar-refractivity contribution is -0.130. The molecule has 0 heterocycles. The molecule has 0 saturated heterocycles. The van der Waals surface area contributed by atoms with E-state index in [1.54, 1.807) is 0 Å². The summed E-state index contributed by atoms with van der Waals surface area (Å²) >= 11 is 0. The molecule has 136 valence electrons. The Balaban J connectivity index is 1.74. The molecule has 0 spiro atoms. The van der Waals surface area contributed by atoms with Crippen LogP contribution >= 0.6 is 0 Å². The quantitative estimate of drug-likeness (QED) is 0.778. The van der Waals surface area contributed by atoms with Gasteiger partial charge in [-0.25, -0.2) is 0 Å². The lowest BCUT2D eigenvalue weighted by Crippen LogP contribution is -2.49.